The smallest absolute Gasteiger partial charge is 0.0551 e. The zero-order valence-corrected chi connectivity index (χ0v) is 13.1. The second-order valence-electron chi connectivity index (χ2n) is 6.07. The van der Waals surface area contributed by atoms with Crippen molar-refractivity contribution >= 4 is 17.1 Å². The molecule has 1 aliphatic heterocycles. The molecule has 0 spiro atoms. The average molecular weight is 296 g/mol. The van der Waals surface area contributed by atoms with Gasteiger partial charge in [0.05, 0.1) is 11.4 Å². The number of benzene rings is 2. The van der Waals surface area contributed by atoms with Crippen molar-refractivity contribution in [3.8, 4) is 0 Å². The number of aryl methyl sites for hydroxylation is 1. The van der Waals surface area contributed by atoms with Crippen LogP contribution in [-0.2, 0) is 6.54 Å². The molecule has 0 amide bonds. The van der Waals surface area contributed by atoms with Gasteiger partial charge in [0.15, 0.2) is 0 Å². The molecule has 1 aliphatic rings. The second-order valence-corrected chi connectivity index (χ2v) is 6.07. The largest absolute Gasteiger partial charge is 0.397 e. The van der Waals surface area contributed by atoms with Crippen LogP contribution in [0.5, 0.6) is 0 Å². The Bertz CT molecular complexity index is 645. The van der Waals surface area contributed by atoms with Gasteiger partial charge in [-0.05, 0) is 42.3 Å². The van der Waals surface area contributed by atoms with Gasteiger partial charge in [-0.25, -0.2) is 0 Å². The van der Waals surface area contributed by atoms with Crippen LogP contribution in [0.2, 0.25) is 0 Å². The van der Waals surface area contributed by atoms with E-state index in [1.807, 2.05) is 12.1 Å². The van der Waals surface area contributed by atoms with Gasteiger partial charge in [0.2, 0.25) is 0 Å². The Hall–Kier alpha value is -2.20. The van der Waals surface area contributed by atoms with Crippen LogP contribution in [-0.4, -0.2) is 31.1 Å². The molecule has 0 saturated carbocycles. The van der Waals surface area contributed by atoms with E-state index in [0.29, 0.717) is 11.4 Å². The quantitative estimate of drug-likeness (QED) is 0.854. The molecule has 4 N–H and O–H groups in total. The number of anilines is 3. The Labute approximate surface area is 132 Å². The Kier molecular flexibility index (Phi) is 4.20. The maximum atomic E-state index is 5.89. The van der Waals surface area contributed by atoms with Crippen LogP contribution < -0.4 is 16.4 Å². The van der Waals surface area contributed by atoms with Crippen molar-refractivity contribution in [1.29, 1.82) is 0 Å². The van der Waals surface area contributed by atoms with Crippen molar-refractivity contribution in [2.75, 3.05) is 42.5 Å². The Morgan fingerprint density at radius 3 is 2.36 bits per heavy atom. The zero-order chi connectivity index (χ0) is 15.5. The van der Waals surface area contributed by atoms with Gasteiger partial charge in [0, 0.05) is 38.4 Å². The molecule has 0 atom stereocenters. The van der Waals surface area contributed by atoms with Gasteiger partial charge in [-0.2, -0.15) is 0 Å². The normalized spacial score (nSPS) is 16.0. The maximum Gasteiger partial charge on any atom is 0.0551 e. The van der Waals surface area contributed by atoms with Crippen LogP contribution in [0.1, 0.15) is 11.1 Å². The van der Waals surface area contributed by atoms with Gasteiger partial charge in [-0.15, -0.1) is 0 Å². The first-order chi connectivity index (χ1) is 10.6. The predicted molar refractivity (Wildman–Crippen MR) is 93.9 cm³/mol. The third-order valence-electron chi connectivity index (χ3n) is 4.30. The van der Waals surface area contributed by atoms with Crippen LogP contribution in [0.4, 0.5) is 17.1 Å². The summed E-state index contributed by atoms with van der Waals surface area (Å²) < 4.78 is 0. The molecule has 2 aromatic rings. The molecule has 0 aliphatic carbocycles. The van der Waals surface area contributed by atoms with Crippen molar-refractivity contribution < 1.29 is 0 Å². The van der Waals surface area contributed by atoms with Gasteiger partial charge in [0.1, 0.15) is 0 Å². The number of piperazine rings is 1. The number of nitrogens with zero attached hydrogens (tertiary/aromatic N) is 2. The fourth-order valence-electron chi connectivity index (χ4n) is 2.97. The summed E-state index contributed by atoms with van der Waals surface area (Å²) in [7, 11) is 0. The molecular formula is C18H24N4. The topological polar surface area (TPSA) is 58.5 Å². The molecule has 116 valence electrons. The average Bonchev–Trinajstić information content (AvgIpc) is 2.52. The highest BCUT2D eigenvalue weighted by Gasteiger charge is 2.17. The molecule has 2 aromatic carbocycles. The van der Waals surface area contributed by atoms with Gasteiger partial charge in [-0.3, -0.25) is 4.90 Å². The molecule has 0 bridgehead atoms. The minimum Gasteiger partial charge on any atom is -0.397 e. The minimum atomic E-state index is 0.660. The second kappa shape index (κ2) is 6.28. The summed E-state index contributed by atoms with van der Waals surface area (Å²) in [6, 6.07) is 14.7. The van der Waals surface area contributed by atoms with Gasteiger partial charge in [-0.1, -0.05) is 18.2 Å². The first kappa shape index (κ1) is 14.7. The van der Waals surface area contributed by atoms with Crippen LogP contribution in [0.15, 0.2) is 42.5 Å². The lowest BCUT2D eigenvalue weighted by Crippen LogP contribution is -2.46. The van der Waals surface area contributed by atoms with Crippen molar-refractivity contribution in [3.63, 3.8) is 0 Å². The number of nitrogen functional groups attached to an aromatic ring is 2. The van der Waals surface area contributed by atoms with E-state index in [9.17, 15) is 0 Å². The van der Waals surface area contributed by atoms with E-state index in [1.54, 1.807) is 0 Å². The number of rotatable bonds is 3. The predicted octanol–water partition coefficient (Wildman–Crippen LogP) is 2.48. The summed E-state index contributed by atoms with van der Waals surface area (Å²) >= 11 is 0. The van der Waals surface area contributed by atoms with Gasteiger partial charge < -0.3 is 16.4 Å². The van der Waals surface area contributed by atoms with E-state index in [2.05, 4.69) is 47.1 Å². The molecule has 3 rings (SSSR count). The van der Waals surface area contributed by atoms with Crippen LogP contribution >= 0.6 is 0 Å². The zero-order valence-electron chi connectivity index (χ0n) is 13.1. The lowest BCUT2D eigenvalue weighted by molar-refractivity contribution is 0.250. The standard InChI is InChI=1S/C18H24N4/c1-14-3-2-4-16(11-14)22-9-7-21(8-10-22)13-15-5-6-17(19)18(20)12-15/h2-6,11-12H,7-10,13,19-20H2,1H3. The van der Waals surface area contributed by atoms with Crippen molar-refractivity contribution in [2.24, 2.45) is 0 Å². The highest BCUT2D eigenvalue weighted by Crippen LogP contribution is 2.20. The summed E-state index contributed by atoms with van der Waals surface area (Å²) in [4.78, 5) is 4.93. The van der Waals surface area contributed by atoms with E-state index >= 15 is 0 Å². The summed E-state index contributed by atoms with van der Waals surface area (Å²) in [5.74, 6) is 0. The highest BCUT2D eigenvalue weighted by atomic mass is 15.3. The molecule has 0 aromatic heterocycles. The molecule has 4 nitrogen and oxygen atoms in total. The molecule has 1 heterocycles. The first-order valence-corrected chi connectivity index (χ1v) is 7.80. The number of nitrogens with two attached hydrogens (primary N) is 2. The van der Waals surface area contributed by atoms with E-state index < -0.39 is 0 Å². The van der Waals surface area contributed by atoms with Crippen molar-refractivity contribution in [2.45, 2.75) is 13.5 Å². The van der Waals surface area contributed by atoms with E-state index in [1.165, 1.54) is 16.8 Å². The summed E-state index contributed by atoms with van der Waals surface area (Å²) in [5.41, 5.74) is 16.9. The highest BCUT2D eigenvalue weighted by molar-refractivity contribution is 5.63. The SMILES string of the molecule is Cc1cccc(N2CCN(Cc3ccc(N)c(N)c3)CC2)c1. The fraction of sp³-hybridized carbons (Fsp3) is 0.333. The van der Waals surface area contributed by atoms with E-state index in [-0.39, 0.29) is 0 Å². The Balaban J connectivity index is 1.58. The lowest BCUT2D eigenvalue weighted by Gasteiger charge is -2.36. The third kappa shape index (κ3) is 3.34. The molecule has 1 saturated heterocycles. The Morgan fingerprint density at radius 2 is 1.68 bits per heavy atom. The van der Waals surface area contributed by atoms with Crippen LogP contribution in [0.25, 0.3) is 0 Å². The molecule has 0 radical (unpaired) electrons. The van der Waals surface area contributed by atoms with Crippen molar-refractivity contribution in [3.05, 3.63) is 53.6 Å². The molecular weight excluding hydrogens is 272 g/mol. The summed E-state index contributed by atoms with van der Waals surface area (Å²) in [6.45, 7) is 7.34. The van der Waals surface area contributed by atoms with E-state index in [4.69, 9.17) is 11.5 Å². The summed E-state index contributed by atoms with van der Waals surface area (Å²) in [5, 5.41) is 0. The third-order valence-corrected chi connectivity index (χ3v) is 4.30. The number of hydrogen-bond donors (Lipinski definition) is 2. The monoisotopic (exact) mass is 296 g/mol. The van der Waals surface area contributed by atoms with E-state index in [0.717, 1.165) is 32.7 Å². The minimum absolute atomic E-state index is 0.660. The fourth-order valence-corrected chi connectivity index (χ4v) is 2.97. The van der Waals surface area contributed by atoms with Crippen molar-refractivity contribution in [1.82, 2.24) is 4.90 Å². The van der Waals surface area contributed by atoms with Gasteiger partial charge in [0.25, 0.3) is 0 Å². The van der Waals surface area contributed by atoms with Crippen LogP contribution in [0, 0.1) is 6.92 Å². The van der Waals surface area contributed by atoms with Crippen LogP contribution in [0.3, 0.4) is 0 Å². The lowest BCUT2D eigenvalue weighted by atomic mass is 10.1. The first-order valence-electron chi connectivity index (χ1n) is 7.80. The maximum absolute atomic E-state index is 5.89. The summed E-state index contributed by atoms with van der Waals surface area (Å²) in [6.07, 6.45) is 0. The molecule has 0 unspecified atom stereocenters. The molecule has 1 fully saturated rings. The van der Waals surface area contributed by atoms with Gasteiger partial charge >= 0.3 is 0 Å². The number of hydrogen-bond acceptors (Lipinski definition) is 4. The molecule has 22 heavy (non-hydrogen) atoms. The Morgan fingerprint density at radius 1 is 0.909 bits per heavy atom. The molecule has 4 heteroatoms.